The van der Waals surface area contributed by atoms with E-state index in [9.17, 15) is 12.8 Å². The number of hydrogen-bond acceptors (Lipinski definition) is 6. The Morgan fingerprint density at radius 1 is 1.46 bits per heavy atom. The third kappa shape index (κ3) is 2.97. The minimum atomic E-state index is -4.01. The van der Waals surface area contributed by atoms with Crippen LogP contribution >= 0.6 is 0 Å². The van der Waals surface area contributed by atoms with Gasteiger partial charge < -0.3 is 10.3 Å². The van der Waals surface area contributed by atoms with E-state index in [1.54, 1.807) is 0 Å². The Balaban J connectivity index is 1.95. The summed E-state index contributed by atoms with van der Waals surface area (Å²) in [5.74, 6) is -0.395. The fourth-order valence-electron chi connectivity index (χ4n) is 2.41. The molecule has 0 bridgehead atoms. The zero-order valence-electron chi connectivity index (χ0n) is 12.8. The molecule has 1 saturated carbocycles. The molecule has 128 valence electrons. The molecule has 0 spiro atoms. The Bertz CT molecular complexity index is 875. The van der Waals surface area contributed by atoms with Gasteiger partial charge in [0.1, 0.15) is 10.7 Å². The summed E-state index contributed by atoms with van der Waals surface area (Å²) < 4.78 is 45.6. The lowest BCUT2D eigenvalue weighted by Crippen LogP contribution is -2.44. The fraction of sp³-hybridized carbons (Fsp3) is 0.333. The molecule has 1 aliphatic rings. The number of halogens is 1. The first-order valence-electron chi connectivity index (χ1n) is 7.39. The average Bonchev–Trinajstić information content (AvgIpc) is 3.01. The van der Waals surface area contributed by atoms with E-state index in [-0.39, 0.29) is 12.4 Å². The Hall–Kier alpha value is -2.10. The van der Waals surface area contributed by atoms with Crippen molar-refractivity contribution in [1.29, 1.82) is 0 Å². The molecular weight excluding hydrogens is 335 g/mol. The van der Waals surface area contributed by atoms with Crippen LogP contribution in [0.25, 0.3) is 11.5 Å². The van der Waals surface area contributed by atoms with Gasteiger partial charge in [0.2, 0.25) is 10.0 Å². The molecule has 0 radical (unpaired) electrons. The van der Waals surface area contributed by atoms with Crippen LogP contribution in [0.3, 0.4) is 0 Å². The monoisotopic (exact) mass is 352 g/mol. The van der Waals surface area contributed by atoms with Gasteiger partial charge in [-0.25, -0.2) is 17.5 Å². The van der Waals surface area contributed by atoms with E-state index in [2.05, 4.69) is 21.4 Å². The zero-order chi connectivity index (χ0) is 17.4. The third-order valence-electron chi connectivity index (χ3n) is 4.00. The lowest BCUT2D eigenvalue weighted by Gasteiger charge is -2.34. The number of nitrogens with two attached hydrogens (primary N) is 1. The van der Waals surface area contributed by atoms with E-state index in [4.69, 9.17) is 10.3 Å². The third-order valence-corrected chi connectivity index (χ3v) is 5.44. The summed E-state index contributed by atoms with van der Waals surface area (Å²) in [5.41, 5.74) is 5.84. The second-order valence-electron chi connectivity index (χ2n) is 5.72. The summed E-state index contributed by atoms with van der Waals surface area (Å²) in [6.07, 6.45) is 3.89. The standard InChI is InChI=1S/C15H17FN4O3S/c1-2-8-18-24(21,22)12-9-10(4-5-11(12)16)13-19-14(20-23-13)15(17)6-3-7-15/h2,4-5,9,18H,1,3,6-8,17H2. The first-order valence-corrected chi connectivity index (χ1v) is 8.88. The molecule has 1 aromatic carbocycles. The molecule has 2 aromatic rings. The van der Waals surface area contributed by atoms with Gasteiger partial charge in [-0.1, -0.05) is 11.2 Å². The second-order valence-corrected chi connectivity index (χ2v) is 7.45. The minimum absolute atomic E-state index is 0.00754. The van der Waals surface area contributed by atoms with Gasteiger partial charge in [-0.2, -0.15) is 4.98 Å². The quantitative estimate of drug-likeness (QED) is 0.765. The highest BCUT2D eigenvalue weighted by Crippen LogP contribution is 2.37. The maximum Gasteiger partial charge on any atom is 0.258 e. The highest BCUT2D eigenvalue weighted by Gasteiger charge is 2.39. The summed E-state index contributed by atoms with van der Waals surface area (Å²) in [7, 11) is -4.01. The zero-order valence-corrected chi connectivity index (χ0v) is 13.6. The summed E-state index contributed by atoms with van der Waals surface area (Å²) >= 11 is 0. The molecule has 9 heteroatoms. The van der Waals surface area contributed by atoms with Crippen molar-refractivity contribution < 1.29 is 17.3 Å². The molecular formula is C15H17FN4O3S. The molecule has 1 aromatic heterocycles. The van der Waals surface area contributed by atoms with Gasteiger partial charge in [0.15, 0.2) is 5.82 Å². The van der Waals surface area contributed by atoms with Crippen LogP contribution in [-0.4, -0.2) is 25.1 Å². The number of rotatable bonds is 6. The highest BCUT2D eigenvalue weighted by molar-refractivity contribution is 7.89. The van der Waals surface area contributed by atoms with E-state index in [0.29, 0.717) is 11.4 Å². The van der Waals surface area contributed by atoms with Crippen LogP contribution in [0, 0.1) is 5.82 Å². The van der Waals surface area contributed by atoms with Gasteiger partial charge in [-0.15, -0.1) is 6.58 Å². The second kappa shape index (κ2) is 6.08. The summed E-state index contributed by atoms with van der Waals surface area (Å²) in [6, 6.07) is 3.58. The van der Waals surface area contributed by atoms with Crippen LogP contribution in [0.5, 0.6) is 0 Å². The Morgan fingerprint density at radius 3 is 2.83 bits per heavy atom. The van der Waals surface area contributed by atoms with Crippen LogP contribution < -0.4 is 10.5 Å². The van der Waals surface area contributed by atoms with Crippen LogP contribution in [0.2, 0.25) is 0 Å². The summed E-state index contributed by atoms with van der Waals surface area (Å²) in [5, 5.41) is 3.87. The average molecular weight is 352 g/mol. The molecule has 3 rings (SSSR count). The maximum absolute atomic E-state index is 13.9. The van der Waals surface area contributed by atoms with Gasteiger partial charge in [-0.3, -0.25) is 0 Å². The maximum atomic E-state index is 13.9. The molecule has 7 nitrogen and oxygen atoms in total. The molecule has 1 fully saturated rings. The summed E-state index contributed by atoms with van der Waals surface area (Å²) in [4.78, 5) is 3.74. The summed E-state index contributed by atoms with van der Waals surface area (Å²) in [6.45, 7) is 3.41. The smallest absolute Gasteiger partial charge is 0.258 e. The number of hydrogen-bond donors (Lipinski definition) is 2. The largest absolute Gasteiger partial charge is 0.334 e. The van der Waals surface area contributed by atoms with E-state index in [1.807, 2.05) is 0 Å². The van der Waals surface area contributed by atoms with Gasteiger partial charge in [0, 0.05) is 12.1 Å². The van der Waals surface area contributed by atoms with Gasteiger partial charge in [0.25, 0.3) is 5.89 Å². The van der Waals surface area contributed by atoms with E-state index in [1.165, 1.54) is 12.1 Å². The fourth-order valence-corrected chi connectivity index (χ4v) is 3.51. The van der Waals surface area contributed by atoms with Gasteiger partial charge in [0.05, 0.1) is 5.54 Å². The molecule has 1 aliphatic carbocycles. The molecule has 0 aliphatic heterocycles. The number of nitrogens with zero attached hydrogens (tertiary/aromatic N) is 2. The number of aromatic nitrogens is 2. The van der Waals surface area contributed by atoms with Crippen molar-refractivity contribution in [1.82, 2.24) is 14.9 Å². The lowest BCUT2D eigenvalue weighted by atomic mass is 9.77. The van der Waals surface area contributed by atoms with Crippen molar-refractivity contribution >= 4 is 10.0 Å². The predicted molar refractivity (Wildman–Crippen MR) is 84.8 cm³/mol. The number of benzene rings is 1. The molecule has 0 unspecified atom stereocenters. The van der Waals surface area contributed by atoms with Gasteiger partial charge in [-0.05, 0) is 37.5 Å². The lowest BCUT2D eigenvalue weighted by molar-refractivity contribution is 0.229. The highest BCUT2D eigenvalue weighted by atomic mass is 32.2. The molecule has 0 atom stereocenters. The van der Waals surface area contributed by atoms with Crippen molar-refractivity contribution in [3.05, 3.63) is 42.5 Å². The van der Waals surface area contributed by atoms with Crippen LogP contribution in [0.15, 0.2) is 40.3 Å². The Kier molecular flexibility index (Phi) is 4.24. The molecule has 0 amide bonds. The normalized spacial score (nSPS) is 16.6. The molecule has 1 heterocycles. The molecule has 3 N–H and O–H groups in total. The van der Waals surface area contributed by atoms with Crippen LogP contribution in [0.4, 0.5) is 4.39 Å². The topological polar surface area (TPSA) is 111 Å². The van der Waals surface area contributed by atoms with Crippen molar-refractivity contribution in [2.45, 2.75) is 29.7 Å². The van der Waals surface area contributed by atoms with Gasteiger partial charge >= 0.3 is 0 Å². The van der Waals surface area contributed by atoms with E-state index < -0.39 is 26.3 Å². The first kappa shape index (κ1) is 16.7. The first-order chi connectivity index (χ1) is 11.4. The van der Waals surface area contributed by atoms with E-state index in [0.717, 1.165) is 31.4 Å². The van der Waals surface area contributed by atoms with Crippen molar-refractivity contribution in [3.63, 3.8) is 0 Å². The Labute approximate surface area is 138 Å². The SMILES string of the molecule is C=CCNS(=O)(=O)c1cc(-c2nc(C3(N)CCC3)no2)ccc1F. The van der Waals surface area contributed by atoms with Crippen LogP contribution in [-0.2, 0) is 15.6 Å². The van der Waals surface area contributed by atoms with E-state index >= 15 is 0 Å². The number of nitrogens with one attached hydrogen (secondary N) is 1. The number of sulfonamides is 1. The predicted octanol–water partition coefficient (Wildman–Crippen LogP) is 1.68. The van der Waals surface area contributed by atoms with Crippen molar-refractivity contribution in [2.75, 3.05) is 6.54 Å². The Morgan fingerprint density at radius 2 is 2.21 bits per heavy atom. The molecule has 24 heavy (non-hydrogen) atoms. The van der Waals surface area contributed by atoms with Crippen molar-refractivity contribution in [2.24, 2.45) is 5.73 Å². The molecule has 0 saturated heterocycles. The van der Waals surface area contributed by atoms with Crippen LogP contribution in [0.1, 0.15) is 25.1 Å². The minimum Gasteiger partial charge on any atom is -0.334 e. The van der Waals surface area contributed by atoms with Crippen molar-refractivity contribution in [3.8, 4) is 11.5 Å².